The number of carboxylic acids is 2. The van der Waals surface area contributed by atoms with Crippen molar-refractivity contribution in [2.24, 2.45) is 17.8 Å². The highest BCUT2D eigenvalue weighted by molar-refractivity contribution is 5.83. The van der Waals surface area contributed by atoms with E-state index in [4.69, 9.17) is 10.2 Å². The van der Waals surface area contributed by atoms with Gasteiger partial charge in [-0.1, -0.05) is 6.42 Å². The Bertz CT molecular complexity index is 426. The third kappa shape index (κ3) is 4.34. The van der Waals surface area contributed by atoms with Gasteiger partial charge in [0.25, 0.3) is 0 Å². The molecule has 2 amide bonds. The lowest BCUT2D eigenvalue weighted by Gasteiger charge is -2.22. The van der Waals surface area contributed by atoms with E-state index in [0.29, 0.717) is 18.4 Å². The standard InChI is InChI=1S/C14H22N2O5/c17-12(18)4-3-11(13(19)20)16-14(21)15-7-10-6-8-1-2-9(10)5-8/h8-11H,1-7H2,(H,17,18)(H,19,20)(H2,15,16,21). The molecule has 2 aliphatic rings. The van der Waals surface area contributed by atoms with Gasteiger partial charge in [0, 0.05) is 13.0 Å². The average Bonchev–Trinajstić information content (AvgIpc) is 3.02. The van der Waals surface area contributed by atoms with Crippen LogP contribution in [0.3, 0.4) is 0 Å². The number of hydrogen-bond donors (Lipinski definition) is 4. The van der Waals surface area contributed by atoms with Crippen molar-refractivity contribution in [2.45, 2.75) is 44.6 Å². The molecular weight excluding hydrogens is 276 g/mol. The third-order valence-electron chi connectivity index (χ3n) is 4.66. The lowest BCUT2D eigenvalue weighted by molar-refractivity contribution is -0.140. The summed E-state index contributed by atoms with van der Waals surface area (Å²) in [6.45, 7) is 0.568. The Morgan fingerprint density at radius 3 is 2.43 bits per heavy atom. The average molecular weight is 298 g/mol. The number of carbonyl (C=O) groups excluding carboxylic acids is 1. The van der Waals surface area contributed by atoms with E-state index in [9.17, 15) is 14.4 Å². The molecular formula is C14H22N2O5. The van der Waals surface area contributed by atoms with Crippen LogP contribution in [0.5, 0.6) is 0 Å². The van der Waals surface area contributed by atoms with Gasteiger partial charge in [0.15, 0.2) is 0 Å². The van der Waals surface area contributed by atoms with E-state index in [2.05, 4.69) is 10.6 Å². The fourth-order valence-electron chi connectivity index (χ4n) is 3.58. The number of rotatable bonds is 7. The number of carbonyl (C=O) groups is 3. The SMILES string of the molecule is O=C(O)CCC(NC(=O)NCC1CC2CCC1C2)C(=O)O. The van der Waals surface area contributed by atoms with Gasteiger partial charge in [-0.25, -0.2) is 9.59 Å². The van der Waals surface area contributed by atoms with Crippen LogP contribution in [0.15, 0.2) is 0 Å². The van der Waals surface area contributed by atoms with Crippen LogP contribution in [0.25, 0.3) is 0 Å². The topological polar surface area (TPSA) is 116 Å². The molecule has 2 aliphatic carbocycles. The molecule has 7 nitrogen and oxygen atoms in total. The van der Waals surface area contributed by atoms with Crippen molar-refractivity contribution < 1.29 is 24.6 Å². The van der Waals surface area contributed by atoms with E-state index < -0.39 is 24.0 Å². The highest BCUT2D eigenvalue weighted by Gasteiger charge is 2.39. The van der Waals surface area contributed by atoms with Crippen LogP contribution in [0.2, 0.25) is 0 Å². The summed E-state index contributed by atoms with van der Waals surface area (Å²) in [6, 6.07) is -1.70. The third-order valence-corrected chi connectivity index (χ3v) is 4.66. The Morgan fingerprint density at radius 2 is 1.90 bits per heavy atom. The van der Waals surface area contributed by atoms with Gasteiger partial charge in [-0.3, -0.25) is 4.79 Å². The quantitative estimate of drug-likeness (QED) is 0.560. The Morgan fingerprint density at radius 1 is 1.14 bits per heavy atom. The van der Waals surface area contributed by atoms with E-state index in [0.717, 1.165) is 12.3 Å². The van der Waals surface area contributed by atoms with Gasteiger partial charge in [0.05, 0.1) is 0 Å². The largest absolute Gasteiger partial charge is 0.481 e. The van der Waals surface area contributed by atoms with Gasteiger partial charge in [0.1, 0.15) is 6.04 Å². The molecule has 2 bridgehead atoms. The van der Waals surface area contributed by atoms with Crippen LogP contribution in [0.4, 0.5) is 4.79 Å². The second kappa shape index (κ2) is 6.78. The van der Waals surface area contributed by atoms with Crippen molar-refractivity contribution in [3.8, 4) is 0 Å². The normalized spacial score (nSPS) is 28.1. The van der Waals surface area contributed by atoms with Gasteiger partial charge < -0.3 is 20.8 Å². The lowest BCUT2D eigenvalue weighted by Crippen LogP contribution is -2.47. The second-order valence-electron chi connectivity index (χ2n) is 6.11. The van der Waals surface area contributed by atoms with Crippen LogP contribution in [-0.2, 0) is 9.59 Å². The van der Waals surface area contributed by atoms with E-state index in [1.807, 2.05) is 0 Å². The molecule has 4 unspecified atom stereocenters. The number of urea groups is 1. The summed E-state index contributed by atoms with van der Waals surface area (Å²) in [5, 5.41) is 22.6. The number of aliphatic carboxylic acids is 2. The van der Waals surface area contributed by atoms with Crippen LogP contribution in [-0.4, -0.2) is 40.8 Å². The second-order valence-corrected chi connectivity index (χ2v) is 6.11. The fourth-order valence-corrected chi connectivity index (χ4v) is 3.58. The number of amides is 2. The monoisotopic (exact) mass is 298 g/mol. The first-order valence-electron chi connectivity index (χ1n) is 7.44. The van der Waals surface area contributed by atoms with Gasteiger partial charge in [-0.2, -0.15) is 0 Å². The minimum Gasteiger partial charge on any atom is -0.481 e. The molecule has 7 heteroatoms. The summed E-state index contributed by atoms with van der Waals surface area (Å²) >= 11 is 0. The molecule has 0 aliphatic heterocycles. The maximum atomic E-state index is 11.7. The molecule has 4 N–H and O–H groups in total. The molecule has 0 aromatic rings. The maximum Gasteiger partial charge on any atom is 0.326 e. The molecule has 0 radical (unpaired) electrons. The number of hydrogen-bond acceptors (Lipinski definition) is 3. The summed E-state index contributed by atoms with van der Waals surface area (Å²) in [7, 11) is 0. The smallest absolute Gasteiger partial charge is 0.326 e. The Kier molecular flexibility index (Phi) is 5.03. The highest BCUT2D eigenvalue weighted by Crippen LogP contribution is 2.47. The zero-order chi connectivity index (χ0) is 15.4. The zero-order valence-corrected chi connectivity index (χ0v) is 11.9. The Hall–Kier alpha value is -1.79. The van der Waals surface area contributed by atoms with Gasteiger partial charge >= 0.3 is 18.0 Å². The molecule has 0 saturated heterocycles. The molecule has 2 rings (SSSR count). The fraction of sp³-hybridized carbons (Fsp3) is 0.786. The van der Waals surface area contributed by atoms with Crippen LogP contribution in [0.1, 0.15) is 38.5 Å². The highest BCUT2D eigenvalue weighted by atomic mass is 16.4. The van der Waals surface area contributed by atoms with Gasteiger partial charge in [-0.15, -0.1) is 0 Å². The van der Waals surface area contributed by atoms with Gasteiger partial charge in [-0.05, 0) is 43.4 Å². The zero-order valence-electron chi connectivity index (χ0n) is 11.9. The van der Waals surface area contributed by atoms with Gasteiger partial charge in [0.2, 0.25) is 0 Å². The molecule has 0 heterocycles. The summed E-state index contributed by atoms with van der Waals surface area (Å²) < 4.78 is 0. The molecule has 21 heavy (non-hydrogen) atoms. The van der Waals surface area contributed by atoms with E-state index >= 15 is 0 Å². The van der Waals surface area contributed by atoms with Crippen molar-refractivity contribution >= 4 is 18.0 Å². The molecule has 4 atom stereocenters. The van der Waals surface area contributed by atoms with E-state index in [1.54, 1.807) is 0 Å². The first-order chi connectivity index (χ1) is 9.95. The van der Waals surface area contributed by atoms with E-state index in [-0.39, 0.29) is 12.8 Å². The molecule has 2 saturated carbocycles. The summed E-state index contributed by atoms with van der Waals surface area (Å²) in [6.07, 6.45) is 4.52. The minimum atomic E-state index is -1.22. The number of fused-ring (bicyclic) bond motifs is 2. The molecule has 0 aromatic heterocycles. The van der Waals surface area contributed by atoms with E-state index in [1.165, 1.54) is 19.3 Å². The number of carboxylic acid groups (broad SMARTS) is 2. The summed E-state index contributed by atoms with van der Waals surface area (Å²) in [5.41, 5.74) is 0. The lowest BCUT2D eigenvalue weighted by atomic mass is 9.89. The maximum absolute atomic E-state index is 11.7. The van der Waals surface area contributed by atoms with Crippen LogP contribution in [0, 0.1) is 17.8 Å². The summed E-state index contributed by atoms with van der Waals surface area (Å²) in [4.78, 5) is 33.2. The first-order valence-corrected chi connectivity index (χ1v) is 7.44. The minimum absolute atomic E-state index is 0.119. The molecule has 0 aromatic carbocycles. The van der Waals surface area contributed by atoms with Crippen molar-refractivity contribution in [1.29, 1.82) is 0 Å². The molecule has 2 fully saturated rings. The molecule has 118 valence electrons. The van der Waals surface area contributed by atoms with Crippen LogP contribution >= 0.6 is 0 Å². The predicted octanol–water partition coefficient (Wildman–Crippen LogP) is 1.04. The van der Waals surface area contributed by atoms with Crippen molar-refractivity contribution in [3.05, 3.63) is 0 Å². The van der Waals surface area contributed by atoms with Crippen LogP contribution < -0.4 is 10.6 Å². The predicted molar refractivity (Wildman–Crippen MR) is 73.8 cm³/mol. The van der Waals surface area contributed by atoms with Crippen molar-refractivity contribution in [3.63, 3.8) is 0 Å². The number of nitrogens with one attached hydrogen (secondary N) is 2. The Balaban J connectivity index is 1.71. The van der Waals surface area contributed by atoms with Crippen molar-refractivity contribution in [2.75, 3.05) is 6.54 Å². The summed E-state index contributed by atoms with van der Waals surface area (Å²) in [5.74, 6) is -0.307. The van der Waals surface area contributed by atoms with Crippen molar-refractivity contribution in [1.82, 2.24) is 10.6 Å². The molecule has 0 spiro atoms. The Labute approximate surface area is 123 Å². The first kappa shape index (κ1) is 15.6.